The van der Waals surface area contributed by atoms with E-state index in [0.717, 1.165) is 82.8 Å². The highest BCUT2D eigenvalue weighted by atomic mass is 16.3. The fourth-order valence-electron chi connectivity index (χ4n) is 10.1. The number of aromatic nitrogens is 3. The van der Waals surface area contributed by atoms with E-state index in [9.17, 15) is 0 Å². The van der Waals surface area contributed by atoms with Gasteiger partial charge in [0, 0.05) is 43.7 Å². The molecule has 0 saturated heterocycles. The summed E-state index contributed by atoms with van der Waals surface area (Å²) < 4.78 is 12.8. The average Bonchev–Trinajstić information content (AvgIpc) is 4.01. The van der Waals surface area contributed by atoms with Crippen LogP contribution in [-0.2, 0) is 5.41 Å². The molecule has 65 heavy (non-hydrogen) atoms. The number of para-hydroxylation sites is 1. The molecule has 3 heterocycles. The van der Waals surface area contributed by atoms with Gasteiger partial charge in [-0.1, -0.05) is 153 Å². The van der Waals surface area contributed by atoms with Gasteiger partial charge in [-0.05, 0) is 116 Å². The molecule has 0 fully saturated rings. The van der Waals surface area contributed by atoms with Crippen LogP contribution in [0, 0.1) is 0 Å². The fraction of sp³-hybridized carbons (Fsp3) is 0.0500. The largest absolute Gasteiger partial charge is 0.456 e. The van der Waals surface area contributed by atoms with Crippen molar-refractivity contribution in [2.45, 2.75) is 19.3 Å². The van der Waals surface area contributed by atoms with E-state index in [1.54, 1.807) is 0 Å². The van der Waals surface area contributed by atoms with Crippen LogP contribution in [0.5, 0.6) is 0 Å². The predicted molar refractivity (Wildman–Crippen MR) is 265 cm³/mol. The van der Waals surface area contributed by atoms with Crippen LogP contribution in [0.15, 0.2) is 209 Å². The number of hydrogen-bond acceptors (Lipinski definition) is 5. The minimum absolute atomic E-state index is 0.0320. The van der Waals surface area contributed by atoms with Crippen LogP contribution in [0.2, 0.25) is 0 Å². The van der Waals surface area contributed by atoms with Gasteiger partial charge in [-0.15, -0.1) is 0 Å². The van der Waals surface area contributed by atoms with Crippen molar-refractivity contribution in [3.8, 4) is 78.7 Å². The Morgan fingerprint density at radius 2 is 0.800 bits per heavy atom. The van der Waals surface area contributed by atoms with Crippen LogP contribution in [0.4, 0.5) is 0 Å². The highest BCUT2D eigenvalue weighted by molar-refractivity contribution is 6.13. The molecule has 0 aliphatic heterocycles. The quantitative estimate of drug-likeness (QED) is 0.167. The van der Waals surface area contributed by atoms with Gasteiger partial charge in [0.15, 0.2) is 17.5 Å². The summed E-state index contributed by atoms with van der Waals surface area (Å²) in [5.74, 6) is 1.72. The second-order valence-corrected chi connectivity index (χ2v) is 17.6. The molecule has 0 N–H and O–H groups in total. The number of furan rings is 2. The van der Waals surface area contributed by atoms with Gasteiger partial charge in [0.1, 0.15) is 22.3 Å². The smallest absolute Gasteiger partial charge is 0.164 e. The first-order valence-electron chi connectivity index (χ1n) is 22.1. The standard InChI is InChI=1S/C60H39N3O2/c1-60(2)50-22-8-6-19-44(50)47-33-40(25-28-51(47)60)38-16-10-17-39(31-38)41-26-29-54-49(34-41)56-46(21-12-24-55(56)65-54)59-62-57(42-18-11-15-37(32-42)36-13-4-3-5-14-36)61-58(63-59)43-27-30-53-48(35-43)45-20-7-9-23-52(45)64-53/h3-35H,1-2H3. The van der Waals surface area contributed by atoms with Crippen LogP contribution in [0.3, 0.4) is 0 Å². The van der Waals surface area contributed by atoms with E-state index in [0.29, 0.717) is 17.5 Å². The van der Waals surface area contributed by atoms with Crippen molar-refractivity contribution in [2.24, 2.45) is 0 Å². The summed E-state index contributed by atoms with van der Waals surface area (Å²) in [6.07, 6.45) is 0. The van der Waals surface area contributed by atoms with Gasteiger partial charge in [0.05, 0.1) is 0 Å². The number of fused-ring (bicyclic) bond motifs is 9. The Balaban J connectivity index is 0.953. The van der Waals surface area contributed by atoms with Crippen molar-refractivity contribution in [1.82, 2.24) is 15.0 Å². The summed E-state index contributed by atoms with van der Waals surface area (Å²) >= 11 is 0. The molecular weight excluding hydrogens is 795 g/mol. The SMILES string of the molecule is CC1(C)c2ccccc2-c2cc(-c3cccc(-c4ccc5oc6cccc(-c7nc(-c8cccc(-c9ccccc9)c8)nc(-c8ccc9oc%10ccccc%10c9c8)n7)c6c5c4)c3)ccc21. The minimum Gasteiger partial charge on any atom is -0.456 e. The highest BCUT2D eigenvalue weighted by Gasteiger charge is 2.35. The van der Waals surface area contributed by atoms with Crippen molar-refractivity contribution in [3.05, 3.63) is 211 Å². The van der Waals surface area contributed by atoms with Crippen LogP contribution in [0.25, 0.3) is 123 Å². The summed E-state index contributed by atoms with van der Waals surface area (Å²) in [5, 5.41) is 4.01. The van der Waals surface area contributed by atoms with Gasteiger partial charge in [-0.3, -0.25) is 0 Å². The predicted octanol–water partition coefficient (Wildman–Crippen LogP) is 16.0. The van der Waals surface area contributed by atoms with E-state index in [-0.39, 0.29) is 5.41 Å². The van der Waals surface area contributed by atoms with Crippen molar-refractivity contribution in [2.75, 3.05) is 0 Å². The summed E-state index contributed by atoms with van der Waals surface area (Å²) in [4.78, 5) is 15.7. The number of benzene rings is 9. The maximum Gasteiger partial charge on any atom is 0.164 e. The Morgan fingerprint density at radius 3 is 1.63 bits per heavy atom. The molecule has 1 aliphatic rings. The highest BCUT2D eigenvalue weighted by Crippen LogP contribution is 2.50. The van der Waals surface area contributed by atoms with Crippen LogP contribution >= 0.6 is 0 Å². The Labute approximate surface area is 375 Å². The fourth-order valence-corrected chi connectivity index (χ4v) is 10.1. The number of rotatable bonds is 6. The van der Waals surface area contributed by atoms with Crippen molar-refractivity contribution < 1.29 is 8.83 Å². The first kappa shape index (κ1) is 37.2. The van der Waals surface area contributed by atoms with Crippen molar-refractivity contribution in [1.29, 1.82) is 0 Å². The zero-order chi connectivity index (χ0) is 43.2. The molecule has 13 rings (SSSR count). The summed E-state index contributed by atoms with van der Waals surface area (Å²) in [7, 11) is 0. The molecule has 0 atom stereocenters. The summed E-state index contributed by atoms with van der Waals surface area (Å²) in [6.45, 7) is 4.65. The molecular formula is C60H39N3O2. The first-order chi connectivity index (χ1) is 31.9. The lowest BCUT2D eigenvalue weighted by Gasteiger charge is -2.21. The third-order valence-corrected chi connectivity index (χ3v) is 13.3. The normalized spacial score (nSPS) is 12.9. The molecule has 0 saturated carbocycles. The molecule has 9 aromatic carbocycles. The van der Waals surface area contributed by atoms with E-state index in [4.69, 9.17) is 23.8 Å². The zero-order valence-corrected chi connectivity index (χ0v) is 35.7. The molecule has 1 aliphatic carbocycles. The minimum atomic E-state index is -0.0320. The van der Waals surface area contributed by atoms with Crippen molar-refractivity contribution >= 4 is 43.9 Å². The molecule has 12 aromatic rings. The molecule has 3 aromatic heterocycles. The van der Waals surface area contributed by atoms with Gasteiger partial charge in [0.2, 0.25) is 0 Å². The van der Waals surface area contributed by atoms with Gasteiger partial charge in [-0.2, -0.15) is 0 Å². The van der Waals surface area contributed by atoms with Crippen LogP contribution in [-0.4, -0.2) is 15.0 Å². The van der Waals surface area contributed by atoms with E-state index in [1.807, 2.05) is 48.5 Å². The maximum atomic E-state index is 6.58. The molecule has 0 radical (unpaired) electrons. The van der Waals surface area contributed by atoms with Gasteiger partial charge >= 0.3 is 0 Å². The third kappa shape index (κ3) is 6.04. The first-order valence-corrected chi connectivity index (χ1v) is 22.1. The third-order valence-electron chi connectivity index (χ3n) is 13.3. The summed E-state index contributed by atoms with van der Waals surface area (Å²) in [6, 6.07) is 70.3. The zero-order valence-electron chi connectivity index (χ0n) is 35.7. The Bertz CT molecular complexity index is 3880. The van der Waals surface area contributed by atoms with Gasteiger partial charge < -0.3 is 8.83 Å². The van der Waals surface area contributed by atoms with Crippen LogP contribution < -0.4 is 0 Å². The second-order valence-electron chi connectivity index (χ2n) is 17.6. The average molecular weight is 834 g/mol. The Hall–Kier alpha value is -8.41. The van der Waals surface area contributed by atoms with Gasteiger partial charge in [-0.25, -0.2) is 15.0 Å². The van der Waals surface area contributed by atoms with Crippen LogP contribution in [0.1, 0.15) is 25.0 Å². The summed E-state index contributed by atoms with van der Waals surface area (Å²) in [5.41, 5.74) is 18.0. The topological polar surface area (TPSA) is 65.0 Å². The lowest BCUT2D eigenvalue weighted by molar-refractivity contribution is 0.660. The second kappa shape index (κ2) is 14.3. The van der Waals surface area contributed by atoms with E-state index in [2.05, 4.69) is 166 Å². The lowest BCUT2D eigenvalue weighted by atomic mass is 9.82. The van der Waals surface area contributed by atoms with E-state index >= 15 is 0 Å². The molecule has 0 bridgehead atoms. The molecule has 5 heteroatoms. The Morgan fingerprint density at radius 1 is 0.308 bits per heavy atom. The Kier molecular flexibility index (Phi) is 8.18. The lowest BCUT2D eigenvalue weighted by Crippen LogP contribution is -2.14. The van der Waals surface area contributed by atoms with Gasteiger partial charge in [0.25, 0.3) is 0 Å². The monoisotopic (exact) mass is 833 g/mol. The molecule has 0 amide bonds. The molecule has 5 nitrogen and oxygen atoms in total. The van der Waals surface area contributed by atoms with E-state index in [1.165, 1.54) is 33.4 Å². The number of nitrogens with zero attached hydrogens (tertiary/aromatic N) is 3. The van der Waals surface area contributed by atoms with Crippen molar-refractivity contribution in [3.63, 3.8) is 0 Å². The molecule has 0 spiro atoms. The number of hydrogen-bond donors (Lipinski definition) is 0. The maximum absolute atomic E-state index is 6.58. The molecule has 0 unspecified atom stereocenters. The van der Waals surface area contributed by atoms with E-state index < -0.39 is 0 Å². The molecule has 306 valence electrons.